The van der Waals surface area contributed by atoms with E-state index in [0.29, 0.717) is 0 Å². The molecular formula is C24H34N2O3S. The summed E-state index contributed by atoms with van der Waals surface area (Å²) in [5, 5.41) is 0. The fourth-order valence-electron chi connectivity index (χ4n) is 5.30. The number of piperidine rings is 1. The highest BCUT2D eigenvalue weighted by Gasteiger charge is 2.56. The van der Waals surface area contributed by atoms with Gasteiger partial charge in [0.2, 0.25) is 0 Å². The zero-order valence-corrected chi connectivity index (χ0v) is 19.8. The number of hydrogen-bond donors (Lipinski definition) is 0. The van der Waals surface area contributed by atoms with E-state index in [1.807, 2.05) is 52.5 Å². The van der Waals surface area contributed by atoms with Crippen molar-refractivity contribution < 1.29 is 14.1 Å². The molecule has 3 unspecified atom stereocenters. The molecule has 4 rings (SSSR count). The van der Waals surface area contributed by atoms with E-state index in [4.69, 9.17) is 9.13 Å². The molecule has 164 valence electrons. The van der Waals surface area contributed by atoms with E-state index in [1.165, 1.54) is 5.56 Å². The van der Waals surface area contributed by atoms with Crippen LogP contribution in [-0.2, 0) is 22.5 Å². The van der Waals surface area contributed by atoms with Crippen molar-refractivity contribution in [2.45, 2.75) is 96.1 Å². The highest BCUT2D eigenvalue weighted by Crippen LogP contribution is 2.53. The average molecular weight is 431 g/mol. The minimum absolute atomic E-state index is 0.144. The minimum atomic E-state index is -1.31. The average Bonchev–Trinajstić information content (AvgIpc) is 3.05. The lowest BCUT2D eigenvalue weighted by Gasteiger charge is -2.45. The first-order chi connectivity index (χ1) is 13.9. The third kappa shape index (κ3) is 3.89. The van der Waals surface area contributed by atoms with Crippen LogP contribution in [0.25, 0.3) is 0 Å². The Morgan fingerprint density at radius 3 is 2.30 bits per heavy atom. The molecule has 2 aliphatic heterocycles. The van der Waals surface area contributed by atoms with E-state index in [0.717, 1.165) is 43.4 Å². The van der Waals surface area contributed by atoms with Crippen molar-refractivity contribution in [3.8, 4) is 0 Å². The standard InChI is InChI=1S/C24H34N2O3S/c1-22(2,3)29-21(27)26-17-11-12-18(26)15-24(14-17)13-16-9-7-8-10-19(16)20(24)25-30(28)23(4,5)6/h7-10,17-18H,11-15H2,1-6H3. The smallest absolute Gasteiger partial charge is 0.410 e. The Labute approximate surface area is 183 Å². The maximum Gasteiger partial charge on any atom is 0.410 e. The monoisotopic (exact) mass is 430 g/mol. The zero-order valence-electron chi connectivity index (χ0n) is 19.0. The van der Waals surface area contributed by atoms with Crippen LogP contribution in [0.15, 0.2) is 28.7 Å². The van der Waals surface area contributed by atoms with E-state index in [-0.39, 0.29) is 23.6 Å². The summed E-state index contributed by atoms with van der Waals surface area (Å²) in [6.07, 6.45) is 4.43. The van der Waals surface area contributed by atoms with Crippen LogP contribution >= 0.6 is 0 Å². The Balaban J connectivity index is 1.68. The fraction of sp³-hybridized carbons (Fsp3) is 0.667. The molecule has 2 bridgehead atoms. The quantitative estimate of drug-likeness (QED) is 0.586. The first-order valence-electron chi connectivity index (χ1n) is 11.0. The van der Waals surface area contributed by atoms with Crippen LogP contribution < -0.4 is 0 Å². The van der Waals surface area contributed by atoms with E-state index in [9.17, 15) is 9.35 Å². The van der Waals surface area contributed by atoms with Crippen molar-refractivity contribution in [3.63, 3.8) is 0 Å². The van der Waals surface area contributed by atoms with Crippen LogP contribution in [-0.4, -0.2) is 43.7 Å². The van der Waals surface area contributed by atoms with Gasteiger partial charge >= 0.3 is 6.09 Å². The van der Waals surface area contributed by atoms with Gasteiger partial charge in [0, 0.05) is 23.1 Å². The first-order valence-corrected chi connectivity index (χ1v) is 12.1. The van der Waals surface area contributed by atoms with Crippen molar-refractivity contribution in [3.05, 3.63) is 35.4 Å². The minimum Gasteiger partial charge on any atom is -0.591 e. The number of carbonyl (C=O) groups excluding carboxylic acids is 1. The summed E-state index contributed by atoms with van der Waals surface area (Å²) in [5.74, 6) is 0. The van der Waals surface area contributed by atoms with Gasteiger partial charge in [-0.15, -0.1) is 0 Å². The molecule has 0 aromatic heterocycles. The number of nitrogens with zero attached hydrogens (tertiary/aromatic N) is 2. The summed E-state index contributed by atoms with van der Waals surface area (Å²) in [7, 11) is 0. The van der Waals surface area contributed by atoms with Crippen LogP contribution in [0.3, 0.4) is 0 Å². The Kier molecular flexibility index (Phi) is 5.25. The molecule has 3 atom stereocenters. The Morgan fingerprint density at radius 2 is 1.73 bits per heavy atom. The Hall–Kier alpha value is -1.53. The number of fused-ring (bicyclic) bond motifs is 3. The van der Waals surface area contributed by atoms with Crippen LogP contribution in [0.4, 0.5) is 4.79 Å². The van der Waals surface area contributed by atoms with Gasteiger partial charge in [0.25, 0.3) is 0 Å². The van der Waals surface area contributed by atoms with Crippen molar-refractivity contribution in [1.82, 2.24) is 4.90 Å². The van der Waals surface area contributed by atoms with Gasteiger partial charge in [-0.05, 0) is 79.2 Å². The maximum atomic E-state index is 13.0. The van der Waals surface area contributed by atoms with Gasteiger partial charge in [-0.3, -0.25) is 0 Å². The third-order valence-corrected chi connectivity index (χ3v) is 7.87. The predicted molar refractivity (Wildman–Crippen MR) is 121 cm³/mol. The van der Waals surface area contributed by atoms with E-state index >= 15 is 0 Å². The van der Waals surface area contributed by atoms with Crippen LogP contribution in [0, 0.1) is 5.41 Å². The molecule has 2 saturated heterocycles. The zero-order chi connectivity index (χ0) is 21.9. The molecule has 1 aromatic carbocycles. The molecule has 1 aliphatic carbocycles. The molecule has 2 fully saturated rings. The largest absolute Gasteiger partial charge is 0.591 e. The summed E-state index contributed by atoms with van der Waals surface area (Å²) < 4.78 is 23.2. The van der Waals surface area contributed by atoms with Gasteiger partial charge in [-0.25, -0.2) is 4.79 Å². The van der Waals surface area contributed by atoms with Gasteiger partial charge in [0.05, 0.1) is 0 Å². The molecule has 1 amide bonds. The SMILES string of the molecule is CC(C)(C)OC(=O)N1C2CCC1CC1(Cc3ccccc3C1=N[S+]([O-])C(C)(C)C)C2. The number of ether oxygens (including phenoxy) is 1. The second-order valence-corrected chi connectivity index (χ2v) is 13.0. The van der Waals surface area contributed by atoms with E-state index in [2.05, 4.69) is 18.2 Å². The second-order valence-electron chi connectivity index (χ2n) is 11.1. The number of amides is 1. The molecule has 1 aromatic rings. The summed E-state index contributed by atoms with van der Waals surface area (Å²) in [6.45, 7) is 11.6. The molecule has 0 saturated carbocycles. The molecule has 30 heavy (non-hydrogen) atoms. The van der Waals surface area contributed by atoms with Gasteiger partial charge < -0.3 is 14.2 Å². The van der Waals surface area contributed by atoms with Crippen molar-refractivity contribution in [2.75, 3.05) is 0 Å². The molecule has 2 heterocycles. The Bertz CT molecular complexity index is 854. The fourth-order valence-corrected chi connectivity index (χ4v) is 6.03. The topological polar surface area (TPSA) is 65.0 Å². The highest BCUT2D eigenvalue weighted by molar-refractivity contribution is 7.91. The van der Waals surface area contributed by atoms with Gasteiger partial charge in [-0.1, -0.05) is 28.7 Å². The number of carbonyl (C=O) groups is 1. The summed E-state index contributed by atoms with van der Waals surface area (Å²) in [4.78, 5) is 14.9. The van der Waals surface area contributed by atoms with Crippen molar-refractivity contribution in [2.24, 2.45) is 9.81 Å². The number of rotatable bonds is 1. The third-order valence-electron chi connectivity index (χ3n) is 6.48. The lowest BCUT2D eigenvalue weighted by Crippen LogP contribution is -2.53. The summed E-state index contributed by atoms with van der Waals surface area (Å²) >= 11 is -1.31. The maximum absolute atomic E-state index is 13.0. The molecule has 3 aliphatic rings. The van der Waals surface area contributed by atoms with Gasteiger partial charge in [0.15, 0.2) is 0 Å². The van der Waals surface area contributed by atoms with Crippen molar-refractivity contribution in [1.29, 1.82) is 0 Å². The first kappa shape index (κ1) is 21.7. The highest BCUT2D eigenvalue weighted by atomic mass is 32.2. The summed E-state index contributed by atoms with van der Waals surface area (Å²) in [5.41, 5.74) is 2.78. The lowest BCUT2D eigenvalue weighted by atomic mass is 9.71. The lowest BCUT2D eigenvalue weighted by molar-refractivity contribution is -0.00229. The number of hydrogen-bond acceptors (Lipinski definition) is 4. The van der Waals surface area contributed by atoms with Crippen LogP contribution in [0.2, 0.25) is 0 Å². The molecule has 0 N–H and O–H groups in total. The normalized spacial score (nSPS) is 30.6. The Morgan fingerprint density at radius 1 is 1.13 bits per heavy atom. The van der Waals surface area contributed by atoms with Gasteiger partial charge in [-0.2, -0.15) is 0 Å². The summed E-state index contributed by atoms with van der Waals surface area (Å²) in [6, 6.07) is 8.70. The van der Waals surface area contributed by atoms with Gasteiger partial charge in [0.1, 0.15) is 27.4 Å². The van der Waals surface area contributed by atoms with Crippen LogP contribution in [0.1, 0.15) is 78.4 Å². The van der Waals surface area contributed by atoms with E-state index in [1.54, 1.807) is 0 Å². The van der Waals surface area contributed by atoms with Crippen molar-refractivity contribution >= 4 is 23.2 Å². The van der Waals surface area contributed by atoms with Crippen LogP contribution in [0.5, 0.6) is 0 Å². The van der Waals surface area contributed by atoms with E-state index < -0.39 is 21.7 Å². The molecular weight excluding hydrogens is 396 g/mol. The molecule has 1 spiro atoms. The molecule has 6 heteroatoms. The molecule has 5 nitrogen and oxygen atoms in total. The molecule has 0 radical (unpaired) electrons. The predicted octanol–water partition coefficient (Wildman–Crippen LogP) is 5.04. The number of benzene rings is 1. The second kappa shape index (κ2) is 7.27.